The molecule has 2 aromatic carbocycles. The van der Waals surface area contributed by atoms with Gasteiger partial charge in [-0.1, -0.05) is 52.4 Å². The summed E-state index contributed by atoms with van der Waals surface area (Å²) in [5.41, 5.74) is 5.51. The molecule has 2 aromatic rings. The van der Waals surface area contributed by atoms with Crippen molar-refractivity contribution in [1.29, 1.82) is 0 Å². The summed E-state index contributed by atoms with van der Waals surface area (Å²) in [7, 11) is 0. The van der Waals surface area contributed by atoms with Gasteiger partial charge in [0.15, 0.2) is 0 Å². The third-order valence-corrected chi connectivity index (χ3v) is 7.84. The molecule has 0 bridgehead atoms. The molecule has 3 nitrogen and oxygen atoms in total. The van der Waals surface area contributed by atoms with Crippen LogP contribution in [0.3, 0.4) is 0 Å². The van der Waals surface area contributed by atoms with Gasteiger partial charge >= 0.3 is 5.97 Å². The van der Waals surface area contributed by atoms with Crippen LogP contribution in [0.2, 0.25) is 0 Å². The number of aromatic carboxylic acids is 1. The maximum absolute atomic E-state index is 11.9. The lowest BCUT2D eigenvalue weighted by Gasteiger charge is -2.51. The second-order valence-electron chi connectivity index (χ2n) is 8.76. The number of carboxylic acid groups (broad SMARTS) is 1. The maximum Gasteiger partial charge on any atom is 0.335 e. The Morgan fingerprint density at radius 2 is 1.69 bits per heavy atom. The van der Waals surface area contributed by atoms with E-state index < -0.39 is 5.97 Å². The lowest BCUT2D eigenvalue weighted by atomic mass is 9.70. The predicted octanol–water partition coefficient (Wildman–Crippen LogP) is 6.04. The van der Waals surface area contributed by atoms with Gasteiger partial charge in [0.1, 0.15) is 0 Å². The minimum atomic E-state index is -0.826. The van der Waals surface area contributed by atoms with Crippen LogP contribution in [0.4, 0.5) is 5.69 Å². The van der Waals surface area contributed by atoms with Crippen molar-refractivity contribution >= 4 is 27.6 Å². The monoisotopic (exact) mass is 447 g/mol. The SMILES string of the molecule is O=C(O)c1cc2c3c(c1)[C@@H]1C=CC[C@@H]1[C@H](c1ccc(Br)cc1)N3C[C@@H]1CC=C[C@@H]21. The number of allylic oxidation sites excluding steroid dienone is 4. The van der Waals surface area contributed by atoms with E-state index in [1.54, 1.807) is 0 Å². The summed E-state index contributed by atoms with van der Waals surface area (Å²) in [5, 5.41) is 9.77. The van der Waals surface area contributed by atoms with Gasteiger partial charge in [-0.3, -0.25) is 0 Å². The van der Waals surface area contributed by atoms with E-state index >= 15 is 0 Å². The molecule has 146 valence electrons. The molecule has 0 aromatic heterocycles. The highest BCUT2D eigenvalue weighted by Crippen LogP contribution is 2.58. The summed E-state index contributed by atoms with van der Waals surface area (Å²) < 4.78 is 1.10. The van der Waals surface area contributed by atoms with Crippen LogP contribution in [0.1, 0.15) is 57.8 Å². The zero-order valence-corrected chi connectivity index (χ0v) is 17.5. The number of nitrogens with zero attached hydrogens (tertiary/aromatic N) is 1. The largest absolute Gasteiger partial charge is 0.478 e. The minimum Gasteiger partial charge on any atom is -0.478 e. The average molecular weight is 448 g/mol. The molecule has 4 heteroatoms. The van der Waals surface area contributed by atoms with E-state index in [4.69, 9.17) is 0 Å². The Labute approximate surface area is 178 Å². The highest BCUT2D eigenvalue weighted by Gasteiger charge is 2.48. The van der Waals surface area contributed by atoms with Crippen molar-refractivity contribution in [2.24, 2.45) is 11.8 Å². The molecule has 0 fully saturated rings. The van der Waals surface area contributed by atoms with Crippen LogP contribution in [0.5, 0.6) is 0 Å². The highest BCUT2D eigenvalue weighted by atomic mass is 79.9. The number of anilines is 1. The number of hydrogen-bond acceptors (Lipinski definition) is 2. The first-order valence-corrected chi connectivity index (χ1v) is 11.2. The van der Waals surface area contributed by atoms with Gasteiger partial charge in [-0.05, 0) is 65.6 Å². The van der Waals surface area contributed by atoms with E-state index in [1.807, 2.05) is 12.1 Å². The quantitative estimate of drug-likeness (QED) is 0.570. The second-order valence-corrected chi connectivity index (χ2v) is 9.68. The molecule has 0 radical (unpaired) electrons. The Balaban J connectivity index is 1.59. The maximum atomic E-state index is 11.9. The van der Waals surface area contributed by atoms with Crippen molar-refractivity contribution in [1.82, 2.24) is 0 Å². The van der Waals surface area contributed by atoms with Crippen LogP contribution in [-0.2, 0) is 0 Å². The van der Waals surface area contributed by atoms with E-state index in [-0.39, 0.29) is 5.92 Å². The Bertz CT molecular complexity index is 1050. The first-order chi connectivity index (χ1) is 14.1. The van der Waals surface area contributed by atoms with Crippen molar-refractivity contribution in [3.63, 3.8) is 0 Å². The van der Waals surface area contributed by atoms with Gasteiger partial charge in [0.2, 0.25) is 0 Å². The normalized spacial score (nSPS) is 30.8. The highest BCUT2D eigenvalue weighted by molar-refractivity contribution is 9.10. The molecule has 0 amide bonds. The average Bonchev–Trinajstić information content (AvgIpc) is 3.38. The molecule has 2 heterocycles. The van der Waals surface area contributed by atoms with E-state index in [2.05, 4.69) is 69.4 Å². The number of carbonyl (C=O) groups is 1. The van der Waals surface area contributed by atoms with Crippen LogP contribution < -0.4 is 4.90 Å². The molecule has 0 saturated carbocycles. The molecule has 4 aliphatic rings. The minimum absolute atomic E-state index is 0.287. The number of hydrogen-bond donors (Lipinski definition) is 1. The fourth-order valence-electron chi connectivity index (χ4n) is 6.14. The number of fused-ring (bicyclic) bond motifs is 4. The summed E-state index contributed by atoms with van der Waals surface area (Å²) in [6.45, 7) is 1.04. The summed E-state index contributed by atoms with van der Waals surface area (Å²) in [5.74, 6) is 0.782. The Morgan fingerprint density at radius 3 is 2.45 bits per heavy atom. The fourth-order valence-corrected chi connectivity index (χ4v) is 6.40. The van der Waals surface area contributed by atoms with Gasteiger partial charge < -0.3 is 10.0 Å². The summed E-state index contributed by atoms with van der Waals surface area (Å²) in [4.78, 5) is 14.5. The van der Waals surface area contributed by atoms with Crippen LogP contribution in [0.25, 0.3) is 0 Å². The molecule has 2 aliphatic carbocycles. The molecule has 5 atom stereocenters. The van der Waals surface area contributed by atoms with E-state index in [0.717, 1.165) is 23.9 Å². The van der Waals surface area contributed by atoms with Crippen molar-refractivity contribution in [2.75, 3.05) is 11.4 Å². The number of halogens is 1. The first-order valence-electron chi connectivity index (χ1n) is 10.4. The lowest BCUT2D eigenvalue weighted by molar-refractivity contribution is 0.0696. The molecule has 6 rings (SSSR count). The van der Waals surface area contributed by atoms with Gasteiger partial charge in [0.25, 0.3) is 0 Å². The van der Waals surface area contributed by atoms with E-state index in [0.29, 0.717) is 29.4 Å². The Hall–Kier alpha value is -2.33. The topological polar surface area (TPSA) is 40.5 Å². The Kier molecular flexibility index (Phi) is 3.83. The molecular weight excluding hydrogens is 426 g/mol. The van der Waals surface area contributed by atoms with Gasteiger partial charge in [-0.2, -0.15) is 0 Å². The summed E-state index contributed by atoms with van der Waals surface area (Å²) in [6, 6.07) is 13.0. The lowest BCUT2D eigenvalue weighted by Crippen LogP contribution is -2.46. The van der Waals surface area contributed by atoms with Crippen molar-refractivity contribution in [3.8, 4) is 0 Å². The molecule has 2 aliphatic heterocycles. The van der Waals surface area contributed by atoms with Gasteiger partial charge in [0.05, 0.1) is 11.6 Å². The van der Waals surface area contributed by atoms with Crippen LogP contribution >= 0.6 is 15.9 Å². The van der Waals surface area contributed by atoms with Crippen LogP contribution in [-0.4, -0.2) is 17.6 Å². The second kappa shape index (κ2) is 6.33. The molecule has 0 spiro atoms. The first kappa shape index (κ1) is 17.5. The fraction of sp³-hybridized carbons (Fsp3) is 0.320. The summed E-state index contributed by atoms with van der Waals surface area (Å²) >= 11 is 3.58. The smallest absolute Gasteiger partial charge is 0.335 e. The Morgan fingerprint density at radius 1 is 1.00 bits per heavy atom. The molecule has 0 unspecified atom stereocenters. The van der Waals surface area contributed by atoms with Crippen molar-refractivity contribution in [3.05, 3.63) is 87.4 Å². The third-order valence-electron chi connectivity index (χ3n) is 7.31. The number of rotatable bonds is 2. The third kappa shape index (κ3) is 2.51. The zero-order valence-electron chi connectivity index (χ0n) is 16.0. The molecule has 1 N–H and O–H groups in total. The van der Waals surface area contributed by atoms with Crippen molar-refractivity contribution in [2.45, 2.75) is 30.7 Å². The molecule has 29 heavy (non-hydrogen) atoms. The van der Waals surface area contributed by atoms with E-state index in [9.17, 15) is 9.90 Å². The van der Waals surface area contributed by atoms with Crippen LogP contribution in [0, 0.1) is 11.8 Å². The van der Waals surface area contributed by atoms with Gasteiger partial charge in [-0.15, -0.1) is 0 Å². The van der Waals surface area contributed by atoms with E-state index in [1.165, 1.54) is 22.4 Å². The summed E-state index contributed by atoms with van der Waals surface area (Å²) in [6.07, 6.45) is 11.3. The number of carboxylic acids is 1. The molecule has 0 saturated heterocycles. The molecular formula is C25H22BrNO2. The zero-order chi connectivity index (χ0) is 19.7. The van der Waals surface area contributed by atoms with Crippen LogP contribution in [0.15, 0.2) is 65.2 Å². The number of benzene rings is 2. The van der Waals surface area contributed by atoms with Gasteiger partial charge in [-0.25, -0.2) is 4.79 Å². The van der Waals surface area contributed by atoms with Crippen molar-refractivity contribution < 1.29 is 9.90 Å². The standard InChI is InChI=1S/C25H22BrNO2/c26-17-9-7-14(8-10-17)23-20-6-2-5-19(20)22-12-16(25(28)29)11-21-18-4-1-3-15(18)13-27(23)24(21)22/h1-2,4-5,7-12,15,18-20,23H,3,6,13H2,(H,28,29)/t15-,18+,19+,20-,23-/m0/s1. The van der Waals surface area contributed by atoms with Gasteiger partial charge in [0, 0.05) is 28.5 Å². The predicted molar refractivity (Wildman–Crippen MR) is 118 cm³/mol.